The van der Waals surface area contributed by atoms with Gasteiger partial charge >= 0.3 is 0 Å². The highest BCUT2D eigenvalue weighted by molar-refractivity contribution is 6.24. The van der Waals surface area contributed by atoms with Gasteiger partial charge in [-0.3, -0.25) is 4.57 Å². The van der Waals surface area contributed by atoms with Crippen LogP contribution in [0.15, 0.2) is 217 Å². The van der Waals surface area contributed by atoms with Crippen molar-refractivity contribution in [2.75, 3.05) is 0 Å². The molecule has 0 amide bonds. The molecule has 0 unspecified atom stereocenters. The van der Waals surface area contributed by atoms with E-state index >= 15 is 0 Å². The quantitative estimate of drug-likeness (QED) is 0.168. The van der Waals surface area contributed by atoms with E-state index < -0.39 is 0 Å². The molecule has 0 spiro atoms. The summed E-state index contributed by atoms with van der Waals surface area (Å²) >= 11 is 0. The van der Waals surface area contributed by atoms with Crippen LogP contribution >= 0.6 is 0 Å². The van der Waals surface area contributed by atoms with Gasteiger partial charge in [-0.25, -0.2) is 0 Å². The van der Waals surface area contributed by atoms with Gasteiger partial charge in [0, 0.05) is 55.1 Å². The Kier molecular flexibility index (Phi) is 7.50. The molecular formula is C56H35N5O. The summed E-state index contributed by atoms with van der Waals surface area (Å²) in [5.41, 5.74) is 13.7. The molecule has 0 bridgehead atoms. The zero-order valence-corrected chi connectivity index (χ0v) is 33.4. The summed E-state index contributed by atoms with van der Waals surface area (Å²) in [6, 6.07) is 75.1. The molecule has 13 rings (SSSR count). The van der Waals surface area contributed by atoms with Crippen LogP contribution in [0, 0.1) is 0 Å². The molecule has 0 aliphatic carbocycles. The summed E-state index contributed by atoms with van der Waals surface area (Å²) in [5, 5.41) is 16.7. The molecule has 290 valence electrons. The Morgan fingerprint density at radius 2 is 0.903 bits per heavy atom. The molecule has 0 saturated heterocycles. The molecule has 6 heteroatoms. The predicted octanol–water partition coefficient (Wildman–Crippen LogP) is 14.4. The van der Waals surface area contributed by atoms with Crippen molar-refractivity contribution in [3.63, 3.8) is 0 Å². The lowest BCUT2D eigenvalue weighted by molar-refractivity contribution is 0.673. The van der Waals surface area contributed by atoms with Crippen LogP contribution in [0.1, 0.15) is 0 Å². The number of para-hydroxylation sites is 5. The van der Waals surface area contributed by atoms with E-state index in [9.17, 15) is 0 Å². The van der Waals surface area contributed by atoms with E-state index in [2.05, 4.69) is 196 Å². The average Bonchev–Trinajstić information content (AvgIpc) is 4.12. The zero-order chi connectivity index (χ0) is 40.7. The molecule has 0 aliphatic rings. The Morgan fingerprint density at radius 3 is 1.68 bits per heavy atom. The topological polar surface area (TPSA) is 53.7 Å². The van der Waals surface area contributed by atoms with E-state index in [1.54, 1.807) is 0 Å². The number of aromatic nitrogens is 5. The van der Waals surface area contributed by atoms with Crippen molar-refractivity contribution in [3.8, 4) is 51.0 Å². The summed E-state index contributed by atoms with van der Waals surface area (Å²) in [4.78, 5) is 0. The van der Waals surface area contributed by atoms with Crippen molar-refractivity contribution in [1.29, 1.82) is 0 Å². The van der Waals surface area contributed by atoms with Gasteiger partial charge in [-0.05, 0) is 83.9 Å². The summed E-state index contributed by atoms with van der Waals surface area (Å²) in [6.07, 6.45) is 0. The number of furan rings is 1. The van der Waals surface area contributed by atoms with Crippen LogP contribution in [0.2, 0.25) is 0 Å². The van der Waals surface area contributed by atoms with Gasteiger partial charge in [-0.1, -0.05) is 140 Å². The second kappa shape index (κ2) is 13.5. The molecule has 0 fully saturated rings. The van der Waals surface area contributed by atoms with Gasteiger partial charge < -0.3 is 13.6 Å². The molecule has 62 heavy (non-hydrogen) atoms. The average molecular weight is 794 g/mol. The lowest BCUT2D eigenvalue weighted by atomic mass is 10.0. The fraction of sp³-hybridized carbons (Fsp3) is 0. The normalized spacial score (nSPS) is 11.9. The summed E-state index contributed by atoms with van der Waals surface area (Å²) in [6.45, 7) is 0. The van der Waals surface area contributed by atoms with Gasteiger partial charge in [0.15, 0.2) is 11.6 Å². The maximum absolute atomic E-state index is 6.59. The first-order valence-electron chi connectivity index (χ1n) is 20.9. The summed E-state index contributed by atoms with van der Waals surface area (Å²) in [7, 11) is 0. The minimum absolute atomic E-state index is 0.777. The fourth-order valence-corrected chi connectivity index (χ4v) is 9.68. The zero-order valence-electron chi connectivity index (χ0n) is 33.4. The Labute approximate surface area is 355 Å². The highest BCUT2D eigenvalue weighted by Gasteiger charge is 2.24. The van der Waals surface area contributed by atoms with Gasteiger partial charge in [0.05, 0.1) is 27.5 Å². The van der Waals surface area contributed by atoms with Gasteiger partial charge in [0.1, 0.15) is 11.2 Å². The third-order valence-corrected chi connectivity index (χ3v) is 12.4. The van der Waals surface area contributed by atoms with Gasteiger partial charge in [-0.2, -0.15) is 0 Å². The molecular weight excluding hydrogens is 759 g/mol. The van der Waals surface area contributed by atoms with Crippen LogP contribution in [-0.2, 0) is 0 Å². The molecule has 4 heterocycles. The number of fused-ring (bicyclic) bond motifs is 10. The third-order valence-electron chi connectivity index (χ3n) is 12.4. The van der Waals surface area contributed by atoms with E-state index in [4.69, 9.17) is 14.6 Å². The summed E-state index contributed by atoms with van der Waals surface area (Å²) < 4.78 is 13.5. The van der Waals surface area contributed by atoms with Crippen molar-refractivity contribution in [3.05, 3.63) is 212 Å². The van der Waals surface area contributed by atoms with Crippen molar-refractivity contribution < 1.29 is 4.42 Å². The maximum Gasteiger partial charge on any atom is 0.171 e. The molecule has 6 nitrogen and oxygen atoms in total. The van der Waals surface area contributed by atoms with Gasteiger partial charge in [0.2, 0.25) is 0 Å². The van der Waals surface area contributed by atoms with Crippen LogP contribution in [0.5, 0.6) is 0 Å². The molecule has 0 N–H and O–H groups in total. The Hall–Kier alpha value is -8.48. The highest BCUT2D eigenvalue weighted by Crippen LogP contribution is 2.42. The van der Waals surface area contributed by atoms with Crippen LogP contribution in [-0.4, -0.2) is 23.9 Å². The molecule has 13 aromatic rings. The van der Waals surface area contributed by atoms with Crippen molar-refractivity contribution in [1.82, 2.24) is 23.9 Å². The van der Waals surface area contributed by atoms with Gasteiger partial charge in [-0.15, -0.1) is 10.2 Å². The van der Waals surface area contributed by atoms with Crippen LogP contribution in [0.25, 0.3) is 117 Å². The smallest absolute Gasteiger partial charge is 0.171 e. The second-order valence-electron chi connectivity index (χ2n) is 15.8. The molecule has 0 aliphatic heterocycles. The monoisotopic (exact) mass is 793 g/mol. The highest BCUT2D eigenvalue weighted by atomic mass is 16.3. The van der Waals surface area contributed by atoms with E-state index in [-0.39, 0.29) is 0 Å². The SMILES string of the molecule is c1ccc(-c2nnc(-c3cccc4c5ccccc5n(-c5cccc(-c6cccc(-n7c8ccccc8c8c9oc%10ccccc%10c9ccc87)c6)c5)c34)n2-c2ccccc2)cc1. The molecule has 0 radical (unpaired) electrons. The Morgan fingerprint density at radius 1 is 0.339 bits per heavy atom. The Balaban J connectivity index is 0.998. The molecule has 0 saturated carbocycles. The molecule has 9 aromatic carbocycles. The number of hydrogen-bond acceptors (Lipinski definition) is 3. The predicted molar refractivity (Wildman–Crippen MR) is 254 cm³/mol. The number of hydrogen-bond donors (Lipinski definition) is 0. The number of benzene rings is 9. The minimum atomic E-state index is 0.777. The second-order valence-corrected chi connectivity index (χ2v) is 15.8. The Bertz CT molecular complexity index is 3870. The minimum Gasteiger partial charge on any atom is -0.455 e. The van der Waals surface area contributed by atoms with Crippen molar-refractivity contribution in [2.24, 2.45) is 0 Å². The van der Waals surface area contributed by atoms with Crippen LogP contribution < -0.4 is 0 Å². The lowest BCUT2D eigenvalue weighted by Crippen LogP contribution is -2.02. The first kappa shape index (κ1) is 34.4. The van der Waals surface area contributed by atoms with Crippen LogP contribution in [0.4, 0.5) is 0 Å². The largest absolute Gasteiger partial charge is 0.455 e. The third kappa shape index (κ3) is 5.10. The number of nitrogens with zero attached hydrogens (tertiary/aromatic N) is 5. The fourth-order valence-electron chi connectivity index (χ4n) is 9.68. The molecule has 0 atom stereocenters. The number of rotatable bonds is 6. The first-order valence-corrected chi connectivity index (χ1v) is 20.9. The molecule has 4 aromatic heterocycles. The first-order chi connectivity index (χ1) is 30.8. The maximum atomic E-state index is 6.59. The standard InChI is InChI=1S/C56H35N5O/c1-3-16-36(17-4-1)55-57-58-56(61(55)39-20-5-2-6-21-39)47-28-15-27-44-42-24-7-10-29-48(42)60(53(44)47)41-23-14-19-38(35-41)37-18-13-22-40(34-37)59-49-30-11-8-26-46(49)52-50(59)33-32-45-43-25-9-12-31-51(43)62-54(45)52/h1-35H. The van der Waals surface area contributed by atoms with E-state index in [1.807, 2.05) is 30.3 Å². The van der Waals surface area contributed by atoms with E-state index in [0.717, 1.165) is 106 Å². The summed E-state index contributed by atoms with van der Waals surface area (Å²) in [5.74, 6) is 1.57. The van der Waals surface area contributed by atoms with E-state index in [1.165, 1.54) is 10.8 Å². The lowest BCUT2D eigenvalue weighted by Gasteiger charge is -2.15. The van der Waals surface area contributed by atoms with E-state index in [0.29, 0.717) is 0 Å². The van der Waals surface area contributed by atoms with Gasteiger partial charge in [0.25, 0.3) is 0 Å². The van der Waals surface area contributed by atoms with Crippen molar-refractivity contribution in [2.45, 2.75) is 0 Å². The van der Waals surface area contributed by atoms with Crippen molar-refractivity contribution >= 4 is 65.6 Å². The van der Waals surface area contributed by atoms with Crippen LogP contribution in [0.3, 0.4) is 0 Å².